The molecule has 0 radical (unpaired) electrons. The molecule has 0 aliphatic heterocycles. The molecule has 0 heterocycles. The Morgan fingerprint density at radius 2 is 1.84 bits per heavy atom. The van der Waals surface area contributed by atoms with Gasteiger partial charge in [-0.3, -0.25) is 19.2 Å². The Morgan fingerprint density at radius 3 is 2.36 bits per heavy atom. The van der Waals surface area contributed by atoms with Crippen molar-refractivity contribution in [2.45, 2.75) is 11.8 Å². The molecule has 2 aromatic rings. The molecule has 0 unspecified atom stereocenters. The number of hydrogen-bond acceptors (Lipinski definition) is 5. The van der Waals surface area contributed by atoms with Crippen LogP contribution in [-0.2, 0) is 14.8 Å². The molecule has 0 aliphatic rings. The van der Waals surface area contributed by atoms with Gasteiger partial charge >= 0.3 is 5.97 Å². The Kier molecular flexibility index (Phi) is 5.43. The predicted octanol–water partition coefficient (Wildman–Crippen LogP) is 2.95. The minimum absolute atomic E-state index is 0.133. The van der Waals surface area contributed by atoms with E-state index in [1.165, 1.54) is 31.2 Å². The molecule has 1 N–H and O–H groups in total. The number of aliphatic carboxylic acids is 1. The molecule has 0 saturated heterocycles. The number of carboxylic acid groups (broad SMARTS) is 1. The first-order chi connectivity index (χ1) is 11.6. The van der Waals surface area contributed by atoms with Crippen LogP contribution in [0.3, 0.4) is 0 Å². The van der Waals surface area contributed by atoms with Gasteiger partial charge in [-0.15, -0.1) is 0 Å². The van der Waals surface area contributed by atoms with E-state index in [0.29, 0.717) is 14.3 Å². The van der Waals surface area contributed by atoms with E-state index in [-0.39, 0.29) is 16.3 Å². The van der Waals surface area contributed by atoms with Crippen LogP contribution in [0.5, 0.6) is 0 Å². The van der Waals surface area contributed by atoms with Crippen LogP contribution < -0.4 is 4.31 Å². The van der Waals surface area contributed by atoms with Crippen molar-refractivity contribution in [2.75, 3.05) is 10.8 Å². The van der Waals surface area contributed by atoms with Gasteiger partial charge in [-0.05, 0) is 37.3 Å². The highest BCUT2D eigenvalue weighted by Gasteiger charge is 2.29. The van der Waals surface area contributed by atoms with Crippen LogP contribution in [0, 0.1) is 17.0 Å². The quantitative estimate of drug-likeness (QED) is 0.557. The van der Waals surface area contributed by atoms with Crippen LogP contribution in [0.25, 0.3) is 0 Å². The highest BCUT2D eigenvalue weighted by molar-refractivity contribution is 9.10. The summed E-state index contributed by atoms with van der Waals surface area (Å²) >= 11 is 3.21. The molecular weight excluding hydrogens is 416 g/mol. The molecule has 0 saturated carbocycles. The summed E-state index contributed by atoms with van der Waals surface area (Å²) in [5, 5.41) is 20.1. The van der Waals surface area contributed by atoms with Gasteiger partial charge in [0.1, 0.15) is 6.54 Å². The average Bonchev–Trinajstić information content (AvgIpc) is 2.53. The summed E-state index contributed by atoms with van der Waals surface area (Å²) in [4.78, 5) is 21.1. The van der Waals surface area contributed by atoms with Crippen LogP contribution >= 0.6 is 15.9 Å². The molecule has 10 heteroatoms. The van der Waals surface area contributed by atoms with Gasteiger partial charge < -0.3 is 5.11 Å². The minimum atomic E-state index is -4.30. The number of sulfonamides is 1. The molecule has 0 spiro atoms. The van der Waals surface area contributed by atoms with E-state index in [1.807, 2.05) is 0 Å². The maximum atomic E-state index is 12.9. The molecule has 0 bridgehead atoms. The number of nitrogens with zero attached hydrogens (tertiary/aromatic N) is 2. The van der Waals surface area contributed by atoms with Gasteiger partial charge in [-0.2, -0.15) is 0 Å². The van der Waals surface area contributed by atoms with Crippen molar-refractivity contribution in [1.82, 2.24) is 0 Å². The van der Waals surface area contributed by atoms with Crippen molar-refractivity contribution in [2.24, 2.45) is 0 Å². The molecule has 2 aromatic carbocycles. The smallest absolute Gasteiger partial charge is 0.324 e. The van der Waals surface area contributed by atoms with E-state index < -0.39 is 27.5 Å². The third-order valence-electron chi connectivity index (χ3n) is 3.36. The van der Waals surface area contributed by atoms with Gasteiger partial charge in [0, 0.05) is 16.1 Å². The number of carbonyl (C=O) groups is 1. The molecule has 8 nitrogen and oxygen atoms in total. The summed E-state index contributed by atoms with van der Waals surface area (Å²) in [5.74, 6) is -1.35. The number of carboxylic acids is 1. The van der Waals surface area contributed by atoms with Gasteiger partial charge in [0.15, 0.2) is 0 Å². The predicted molar refractivity (Wildman–Crippen MR) is 94.1 cm³/mol. The number of rotatable bonds is 6. The standard InChI is InChI=1S/C15H13BrN2O6S/c1-10-2-7-13(8-14(10)18(21)22)25(23,24)17(9-15(19)20)12-5-3-11(16)4-6-12/h2-8H,9H2,1H3,(H,19,20). The molecule has 0 amide bonds. The molecule has 0 fully saturated rings. The zero-order chi connectivity index (χ0) is 18.8. The van der Waals surface area contributed by atoms with E-state index in [1.54, 1.807) is 12.1 Å². The van der Waals surface area contributed by atoms with Crippen LogP contribution in [0.1, 0.15) is 5.56 Å². The lowest BCUT2D eigenvalue weighted by atomic mass is 10.2. The van der Waals surface area contributed by atoms with Crippen molar-refractivity contribution in [1.29, 1.82) is 0 Å². The molecule has 0 aliphatic carbocycles. The Morgan fingerprint density at radius 1 is 1.24 bits per heavy atom. The summed E-state index contributed by atoms with van der Waals surface area (Å²) in [6.07, 6.45) is 0. The molecular formula is C15H13BrN2O6S. The largest absolute Gasteiger partial charge is 0.480 e. The first-order valence-electron chi connectivity index (χ1n) is 6.88. The average molecular weight is 429 g/mol. The minimum Gasteiger partial charge on any atom is -0.480 e. The Labute approximate surface area is 152 Å². The Balaban J connectivity index is 2.59. The third kappa shape index (κ3) is 4.15. The highest BCUT2D eigenvalue weighted by Crippen LogP contribution is 2.28. The maximum Gasteiger partial charge on any atom is 0.324 e. The Hall–Kier alpha value is -2.46. The van der Waals surface area contributed by atoms with E-state index in [2.05, 4.69) is 15.9 Å². The summed E-state index contributed by atoms with van der Waals surface area (Å²) in [6, 6.07) is 9.46. The van der Waals surface area contributed by atoms with Gasteiger partial charge in [0.25, 0.3) is 15.7 Å². The van der Waals surface area contributed by atoms with Gasteiger partial charge in [-0.25, -0.2) is 8.42 Å². The normalized spacial score (nSPS) is 11.1. The first kappa shape index (κ1) is 18.9. The number of halogens is 1. The molecule has 25 heavy (non-hydrogen) atoms. The van der Waals surface area contributed by atoms with Gasteiger partial charge in [-0.1, -0.05) is 22.0 Å². The second-order valence-electron chi connectivity index (χ2n) is 5.09. The summed E-state index contributed by atoms with van der Waals surface area (Å²) < 4.78 is 27.1. The summed E-state index contributed by atoms with van der Waals surface area (Å²) in [5.41, 5.74) is 0.0818. The topological polar surface area (TPSA) is 118 Å². The fourth-order valence-corrected chi connectivity index (χ4v) is 3.82. The lowest BCUT2D eigenvalue weighted by Gasteiger charge is -2.22. The summed E-state index contributed by atoms with van der Waals surface area (Å²) in [7, 11) is -4.30. The van der Waals surface area contributed by atoms with Crippen LogP contribution in [-0.4, -0.2) is 31.0 Å². The second kappa shape index (κ2) is 7.19. The van der Waals surface area contributed by atoms with Gasteiger partial charge in [0.2, 0.25) is 0 Å². The lowest BCUT2D eigenvalue weighted by molar-refractivity contribution is -0.385. The summed E-state index contributed by atoms with van der Waals surface area (Å²) in [6.45, 7) is 0.671. The Bertz CT molecular complexity index is 928. The van der Waals surface area contributed by atoms with Crippen LogP contribution in [0.2, 0.25) is 0 Å². The maximum absolute atomic E-state index is 12.9. The number of nitro groups is 1. The number of nitro benzene ring substituents is 1. The number of anilines is 1. The van der Waals surface area contributed by atoms with Crippen LogP contribution in [0.4, 0.5) is 11.4 Å². The molecule has 0 atom stereocenters. The van der Waals surface area contributed by atoms with E-state index in [0.717, 1.165) is 6.07 Å². The van der Waals surface area contributed by atoms with Crippen molar-refractivity contribution >= 4 is 43.3 Å². The second-order valence-corrected chi connectivity index (χ2v) is 7.87. The van der Waals surface area contributed by atoms with E-state index in [4.69, 9.17) is 5.11 Å². The third-order valence-corrected chi connectivity index (χ3v) is 5.66. The zero-order valence-corrected chi connectivity index (χ0v) is 15.3. The van der Waals surface area contributed by atoms with Crippen molar-refractivity contribution in [3.05, 3.63) is 62.6 Å². The van der Waals surface area contributed by atoms with E-state index >= 15 is 0 Å². The van der Waals surface area contributed by atoms with Crippen LogP contribution in [0.15, 0.2) is 51.8 Å². The molecule has 132 valence electrons. The van der Waals surface area contributed by atoms with Crippen molar-refractivity contribution < 1.29 is 23.2 Å². The number of hydrogen-bond donors (Lipinski definition) is 1. The number of aryl methyl sites for hydroxylation is 1. The monoisotopic (exact) mass is 428 g/mol. The molecule has 0 aromatic heterocycles. The molecule has 2 rings (SSSR count). The highest BCUT2D eigenvalue weighted by atomic mass is 79.9. The number of benzene rings is 2. The zero-order valence-electron chi connectivity index (χ0n) is 12.9. The fourth-order valence-electron chi connectivity index (χ4n) is 2.12. The van der Waals surface area contributed by atoms with Crippen molar-refractivity contribution in [3.63, 3.8) is 0 Å². The lowest BCUT2D eigenvalue weighted by Crippen LogP contribution is -2.35. The van der Waals surface area contributed by atoms with E-state index in [9.17, 15) is 23.3 Å². The van der Waals surface area contributed by atoms with Crippen molar-refractivity contribution in [3.8, 4) is 0 Å². The first-order valence-corrected chi connectivity index (χ1v) is 9.11. The fraction of sp³-hybridized carbons (Fsp3) is 0.133. The SMILES string of the molecule is Cc1ccc(S(=O)(=O)N(CC(=O)O)c2ccc(Br)cc2)cc1[N+](=O)[O-]. The van der Waals surface area contributed by atoms with Gasteiger partial charge in [0.05, 0.1) is 15.5 Å².